The van der Waals surface area contributed by atoms with Crippen LogP contribution in [0.2, 0.25) is 0 Å². The average Bonchev–Trinajstić information content (AvgIpc) is 2.74. The van der Waals surface area contributed by atoms with Crippen molar-refractivity contribution in [3.05, 3.63) is 78.9 Å². The molecule has 0 heterocycles. The summed E-state index contributed by atoms with van der Waals surface area (Å²) in [7, 11) is -3.37. The van der Waals surface area contributed by atoms with Gasteiger partial charge < -0.3 is 16.0 Å². The van der Waals surface area contributed by atoms with Gasteiger partial charge in [-0.2, -0.15) is 0 Å². The quantitative estimate of drug-likeness (QED) is 0.544. The Kier molecular flexibility index (Phi) is 6.71. The van der Waals surface area contributed by atoms with Crippen molar-refractivity contribution in [1.82, 2.24) is 5.32 Å². The molecule has 3 N–H and O–H groups in total. The molecular weight excluding hydrogens is 414 g/mol. The van der Waals surface area contributed by atoms with Gasteiger partial charge in [0.1, 0.15) is 6.04 Å². The third-order valence-corrected chi connectivity index (χ3v) is 5.68. The largest absolute Gasteiger partial charge is 0.326 e. The van der Waals surface area contributed by atoms with Gasteiger partial charge in [-0.15, -0.1) is 0 Å². The van der Waals surface area contributed by atoms with E-state index in [1.54, 1.807) is 79.7 Å². The van der Waals surface area contributed by atoms with Crippen LogP contribution < -0.4 is 16.0 Å². The van der Waals surface area contributed by atoms with Gasteiger partial charge in [0.25, 0.3) is 0 Å². The number of hydrogen-bond donors (Lipinski definition) is 3. The minimum Gasteiger partial charge on any atom is -0.326 e. The first-order chi connectivity index (χ1) is 14.7. The molecule has 8 heteroatoms. The molecule has 0 aliphatic heterocycles. The van der Waals surface area contributed by atoms with E-state index in [9.17, 15) is 18.0 Å². The Morgan fingerprint density at radius 2 is 1.35 bits per heavy atom. The molecule has 1 atom stereocenters. The van der Waals surface area contributed by atoms with E-state index in [2.05, 4.69) is 16.0 Å². The maximum absolute atomic E-state index is 12.4. The van der Waals surface area contributed by atoms with Crippen LogP contribution in [0.15, 0.2) is 83.8 Å². The Bertz CT molecular complexity index is 1180. The lowest BCUT2D eigenvalue weighted by Gasteiger charge is -2.15. The molecule has 7 nitrogen and oxygen atoms in total. The molecule has 0 fully saturated rings. The van der Waals surface area contributed by atoms with Crippen molar-refractivity contribution in [2.75, 3.05) is 16.9 Å². The van der Waals surface area contributed by atoms with Gasteiger partial charge in [0.15, 0.2) is 9.84 Å². The summed E-state index contributed by atoms with van der Waals surface area (Å²) in [5, 5.41) is 7.97. The monoisotopic (exact) mass is 437 g/mol. The zero-order valence-electron chi connectivity index (χ0n) is 17.1. The van der Waals surface area contributed by atoms with E-state index in [0.29, 0.717) is 22.5 Å². The number of amides is 3. The maximum Gasteiger partial charge on any atom is 0.319 e. The van der Waals surface area contributed by atoms with Gasteiger partial charge in [-0.05, 0) is 42.8 Å². The number of carbonyl (C=O) groups is 2. The summed E-state index contributed by atoms with van der Waals surface area (Å²) in [6, 6.07) is 21.3. The summed E-state index contributed by atoms with van der Waals surface area (Å²) in [5.74, 6) is -0.382. The van der Waals surface area contributed by atoms with Crippen molar-refractivity contribution in [3.63, 3.8) is 0 Å². The molecule has 3 aromatic rings. The molecule has 1 unspecified atom stereocenters. The predicted octanol–water partition coefficient (Wildman–Crippen LogP) is 3.91. The molecule has 0 bridgehead atoms. The van der Waals surface area contributed by atoms with Crippen LogP contribution in [-0.4, -0.2) is 32.7 Å². The van der Waals surface area contributed by atoms with Crippen LogP contribution in [0.5, 0.6) is 0 Å². The fourth-order valence-electron chi connectivity index (χ4n) is 2.96. The van der Waals surface area contributed by atoms with Crippen molar-refractivity contribution in [2.24, 2.45) is 0 Å². The lowest BCUT2D eigenvalue weighted by Crippen LogP contribution is -2.43. The highest BCUT2D eigenvalue weighted by molar-refractivity contribution is 7.90. The minimum absolute atomic E-state index is 0.244. The second-order valence-corrected chi connectivity index (χ2v) is 9.01. The molecule has 0 radical (unpaired) electrons. The molecular formula is C23H23N3O4S. The summed E-state index contributed by atoms with van der Waals surface area (Å²) in [4.78, 5) is 24.7. The van der Waals surface area contributed by atoms with E-state index < -0.39 is 21.9 Å². The Balaban J connectivity index is 1.63. The number of para-hydroxylation sites is 1. The van der Waals surface area contributed by atoms with Crippen LogP contribution in [-0.2, 0) is 14.6 Å². The fraction of sp³-hybridized carbons (Fsp3) is 0.130. The van der Waals surface area contributed by atoms with E-state index in [4.69, 9.17) is 0 Å². The third-order valence-electron chi connectivity index (χ3n) is 4.52. The van der Waals surface area contributed by atoms with Crippen molar-refractivity contribution < 1.29 is 18.0 Å². The van der Waals surface area contributed by atoms with E-state index in [1.165, 1.54) is 6.26 Å². The Morgan fingerprint density at radius 1 is 0.774 bits per heavy atom. The SMILES string of the molecule is CC(NC(=O)Nc1ccccc1)C(=O)Nc1ccc(-c2ccccc2S(C)(=O)=O)cc1. The number of benzene rings is 3. The van der Waals surface area contributed by atoms with Gasteiger partial charge in [0.05, 0.1) is 4.90 Å². The molecule has 0 aliphatic carbocycles. The van der Waals surface area contributed by atoms with Crippen LogP contribution in [0.3, 0.4) is 0 Å². The van der Waals surface area contributed by atoms with Crippen molar-refractivity contribution >= 4 is 33.2 Å². The fourth-order valence-corrected chi connectivity index (χ4v) is 3.87. The zero-order valence-corrected chi connectivity index (χ0v) is 17.9. The summed E-state index contributed by atoms with van der Waals surface area (Å²) in [5.41, 5.74) is 2.46. The average molecular weight is 438 g/mol. The number of hydrogen-bond acceptors (Lipinski definition) is 4. The van der Waals surface area contributed by atoms with E-state index >= 15 is 0 Å². The Morgan fingerprint density at radius 3 is 2.00 bits per heavy atom. The first-order valence-electron chi connectivity index (χ1n) is 9.57. The minimum atomic E-state index is -3.37. The molecule has 3 rings (SSSR count). The molecule has 0 saturated carbocycles. The van der Waals surface area contributed by atoms with Gasteiger partial charge in [-0.25, -0.2) is 13.2 Å². The molecule has 0 spiro atoms. The van der Waals surface area contributed by atoms with E-state index in [0.717, 1.165) is 0 Å². The molecule has 31 heavy (non-hydrogen) atoms. The highest BCUT2D eigenvalue weighted by Gasteiger charge is 2.17. The van der Waals surface area contributed by atoms with Crippen LogP contribution in [0, 0.1) is 0 Å². The van der Waals surface area contributed by atoms with Crippen molar-refractivity contribution in [2.45, 2.75) is 17.9 Å². The molecule has 3 amide bonds. The van der Waals surface area contributed by atoms with Crippen LogP contribution in [0.4, 0.5) is 16.2 Å². The lowest BCUT2D eigenvalue weighted by molar-refractivity contribution is -0.117. The number of carbonyl (C=O) groups excluding carboxylic acids is 2. The first kappa shape index (κ1) is 22.0. The molecule has 3 aromatic carbocycles. The maximum atomic E-state index is 12.4. The van der Waals surface area contributed by atoms with E-state index in [1.807, 2.05) is 6.07 Å². The standard InChI is InChI=1S/C23H23N3O4S/c1-16(24-23(28)26-18-8-4-3-5-9-18)22(27)25-19-14-12-17(13-15-19)20-10-6-7-11-21(20)31(2,29)30/h3-16H,1-2H3,(H,25,27)(H2,24,26,28). The van der Waals surface area contributed by atoms with Crippen LogP contribution in [0.1, 0.15) is 6.92 Å². The van der Waals surface area contributed by atoms with Crippen LogP contribution >= 0.6 is 0 Å². The van der Waals surface area contributed by atoms with Gasteiger partial charge in [0.2, 0.25) is 5.91 Å². The van der Waals surface area contributed by atoms with Crippen molar-refractivity contribution in [3.8, 4) is 11.1 Å². The zero-order chi connectivity index (χ0) is 22.4. The lowest BCUT2D eigenvalue weighted by atomic mass is 10.1. The second kappa shape index (κ2) is 9.44. The first-order valence-corrected chi connectivity index (χ1v) is 11.5. The number of nitrogens with one attached hydrogen (secondary N) is 3. The topological polar surface area (TPSA) is 104 Å². The molecule has 0 saturated heterocycles. The Hall–Kier alpha value is -3.65. The smallest absolute Gasteiger partial charge is 0.319 e. The van der Waals surface area contributed by atoms with Gasteiger partial charge >= 0.3 is 6.03 Å². The number of anilines is 2. The van der Waals surface area contributed by atoms with Crippen LogP contribution in [0.25, 0.3) is 11.1 Å². The summed E-state index contributed by atoms with van der Waals surface area (Å²) < 4.78 is 24.0. The highest BCUT2D eigenvalue weighted by Crippen LogP contribution is 2.28. The number of rotatable bonds is 6. The van der Waals surface area contributed by atoms with Gasteiger partial charge in [-0.3, -0.25) is 4.79 Å². The van der Waals surface area contributed by atoms with Crippen molar-refractivity contribution in [1.29, 1.82) is 0 Å². The van der Waals surface area contributed by atoms with Gasteiger partial charge in [0, 0.05) is 23.2 Å². The summed E-state index contributed by atoms with van der Waals surface area (Å²) in [6.07, 6.45) is 1.17. The van der Waals surface area contributed by atoms with E-state index in [-0.39, 0.29) is 10.8 Å². The predicted molar refractivity (Wildman–Crippen MR) is 122 cm³/mol. The molecule has 160 valence electrons. The Labute approximate surface area is 181 Å². The second-order valence-electron chi connectivity index (χ2n) is 7.02. The summed E-state index contributed by atoms with van der Waals surface area (Å²) in [6.45, 7) is 1.58. The number of urea groups is 1. The third kappa shape index (κ3) is 5.93. The normalized spacial score (nSPS) is 11.9. The van der Waals surface area contributed by atoms with Gasteiger partial charge in [-0.1, -0.05) is 48.5 Å². The number of sulfone groups is 1. The highest BCUT2D eigenvalue weighted by atomic mass is 32.2. The molecule has 0 aromatic heterocycles. The molecule has 0 aliphatic rings. The summed E-state index contributed by atoms with van der Waals surface area (Å²) >= 11 is 0.